The van der Waals surface area contributed by atoms with Gasteiger partial charge in [0.1, 0.15) is 47.6 Å². The third kappa shape index (κ3) is 10.6. The van der Waals surface area contributed by atoms with E-state index in [1.807, 2.05) is 13.8 Å². The van der Waals surface area contributed by atoms with Crippen molar-refractivity contribution in [3.8, 4) is 0 Å². The third-order valence-corrected chi connectivity index (χ3v) is 14.4. The topological polar surface area (TPSA) is 158 Å². The van der Waals surface area contributed by atoms with Gasteiger partial charge in [-0.3, -0.25) is 9.59 Å². The lowest BCUT2D eigenvalue weighted by molar-refractivity contribution is -0.141. The van der Waals surface area contributed by atoms with E-state index in [1.165, 1.54) is 25.0 Å². The van der Waals surface area contributed by atoms with E-state index in [9.17, 15) is 35.9 Å². The molecule has 68 heavy (non-hydrogen) atoms. The number of nitrogens with one attached hydrogen (secondary N) is 2. The number of nitrogens with zero attached hydrogens (tertiary/aromatic N) is 12. The van der Waals surface area contributed by atoms with Gasteiger partial charge in [-0.1, -0.05) is 13.8 Å². The number of hydrogen-bond acceptors (Lipinski definition) is 12. The smallest absolute Gasteiger partial charge is 0.356 e. The normalized spacial score (nSPS) is 22.2. The summed E-state index contributed by atoms with van der Waals surface area (Å²) < 4.78 is 84.2. The first-order valence-electron chi connectivity index (χ1n) is 24.1. The molecule has 2 amide bonds. The van der Waals surface area contributed by atoms with Crippen LogP contribution in [-0.2, 0) is 35.0 Å². The summed E-state index contributed by atoms with van der Waals surface area (Å²) in [6.45, 7) is 13.2. The second-order valence-corrected chi connectivity index (χ2v) is 19.2. The van der Waals surface area contributed by atoms with Crippen molar-refractivity contribution in [1.82, 2.24) is 48.8 Å². The molecule has 4 aromatic rings. The van der Waals surface area contributed by atoms with Gasteiger partial charge in [0, 0.05) is 101 Å². The van der Waals surface area contributed by atoms with E-state index in [0.717, 1.165) is 87.7 Å². The number of anilines is 4. The first-order valence-corrected chi connectivity index (χ1v) is 24.1. The molecule has 10 heterocycles. The van der Waals surface area contributed by atoms with E-state index in [0.29, 0.717) is 101 Å². The van der Waals surface area contributed by atoms with Gasteiger partial charge < -0.3 is 39.4 Å². The predicted octanol–water partition coefficient (Wildman–Crippen LogP) is 7.23. The van der Waals surface area contributed by atoms with Gasteiger partial charge in [0.05, 0.1) is 0 Å². The van der Waals surface area contributed by atoms with Gasteiger partial charge >= 0.3 is 12.4 Å². The number of imidazole rings is 2. The number of rotatable bonds is 10. The molecule has 4 fully saturated rings. The number of amides is 2. The van der Waals surface area contributed by atoms with E-state index in [4.69, 9.17) is 0 Å². The lowest BCUT2D eigenvalue weighted by Crippen LogP contribution is -2.36. The predicted molar refractivity (Wildman–Crippen MR) is 242 cm³/mol. The molecule has 0 spiro atoms. The van der Waals surface area contributed by atoms with Crippen LogP contribution in [-0.4, -0.2) is 126 Å². The van der Waals surface area contributed by atoms with Crippen molar-refractivity contribution < 1.29 is 35.9 Å². The number of hydrogen-bond donors (Lipinski definition) is 2. The first kappa shape index (κ1) is 47.7. The SMILES string of the molecule is CC1CC(=O)Nc2ncnc(N3CCC(c4nc(C(F)(F)F)cn4CCN4CCCC4)CC3)c21.C[C@@H]1CC(=O)Nc2ncnc(N3CCC(c4nc(C(F)(F)F)cn4CCN4CCCC4)CC3)c21. The summed E-state index contributed by atoms with van der Waals surface area (Å²) >= 11 is 0. The van der Waals surface area contributed by atoms with E-state index < -0.39 is 23.7 Å². The average Bonchev–Trinajstić information content (AvgIpc) is 4.15. The third-order valence-electron chi connectivity index (χ3n) is 14.4. The summed E-state index contributed by atoms with van der Waals surface area (Å²) in [4.78, 5) is 58.3. The minimum Gasteiger partial charge on any atom is -0.356 e. The Labute approximate surface area is 391 Å². The standard InChI is InChI=1S/2C23H30F3N7O/c2*1-15-12-18(34)30-20-19(15)22(28-14-27-20)32-8-4-16(5-9-32)21-29-17(23(24,25)26)13-33(21)11-10-31-6-2-3-7-31/h2*13-16H,2-12H2,1H3,(H,27,28,30,34)/t15-;/m1./s1. The number of halogens is 6. The van der Waals surface area contributed by atoms with Crippen LogP contribution in [0.5, 0.6) is 0 Å². The lowest BCUT2D eigenvalue weighted by Gasteiger charge is -2.35. The Morgan fingerprint density at radius 1 is 0.544 bits per heavy atom. The molecule has 4 aromatic heterocycles. The molecule has 6 aliphatic heterocycles. The summed E-state index contributed by atoms with van der Waals surface area (Å²) in [5.74, 6) is 3.65. The maximum Gasteiger partial charge on any atom is 0.434 e. The quantitative estimate of drug-likeness (QED) is 0.154. The molecule has 368 valence electrons. The molecule has 0 aromatic carbocycles. The molecule has 0 aliphatic carbocycles. The largest absolute Gasteiger partial charge is 0.434 e. The van der Waals surface area contributed by atoms with Crippen LogP contribution in [0, 0.1) is 0 Å². The van der Waals surface area contributed by atoms with Gasteiger partial charge in [0.15, 0.2) is 11.4 Å². The van der Waals surface area contributed by atoms with E-state index in [-0.39, 0.29) is 35.5 Å². The molecule has 0 bridgehead atoms. The van der Waals surface area contributed by atoms with Crippen molar-refractivity contribution >= 4 is 35.1 Å². The highest BCUT2D eigenvalue weighted by Crippen LogP contribution is 2.41. The fraction of sp³-hybridized carbons (Fsp3) is 0.652. The Morgan fingerprint density at radius 2 is 0.912 bits per heavy atom. The molecule has 2 N–H and O–H groups in total. The van der Waals surface area contributed by atoms with Gasteiger partial charge in [0.2, 0.25) is 11.8 Å². The number of piperidine rings is 2. The molecule has 0 radical (unpaired) electrons. The minimum absolute atomic E-state index is 0.0107. The van der Waals surface area contributed by atoms with Gasteiger partial charge in [0.25, 0.3) is 0 Å². The first-order chi connectivity index (χ1) is 32.6. The highest BCUT2D eigenvalue weighted by Gasteiger charge is 2.39. The fourth-order valence-electron chi connectivity index (χ4n) is 10.9. The highest BCUT2D eigenvalue weighted by molar-refractivity contribution is 5.95. The molecular weight excluding hydrogens is 895 g/mol. The molecule has 22 heteroatoms. The molecule has 6 aliphatic rings. The Kier molecular flexibility index (Phi) is 14.0. The van der Waals surface area contributed by atoms with E-state index >= 15 is 0 Å². The summed E-state index contributed by atoms with van der Waals surface area (Å²) in [7, 11) is 0. The van der Waals surface area contributed by atoms with Crippen LogP contribution in [0.4, 0.5) is 49.6 Å². The maximum atomic E-state index is 13.5. The molecule has 0 saturated carbocycles. The van der Waals surface area contributed by atoms with Crippen LogP contribution in [0.1, 0.15) is 136 Å². The lowest BCUT2D eigenvalue weighted by atomic mass is 9.92. The van der Waals surface area contributed by atoms with Crippen LogP contribution < -0.4 is 20.4 Å². The molecule has 10 rings (SSSR count). The Morgan fingerprint density at radius 3 is 1.26 bits per heavy atom. The van der Waals surface area contributed by atoms with Gasteiger partial charge in [-0.2, -0.15) is 26.3 Å². The number of carbonyl (C=O) groups is 2. The van der Waals surface area contributed by atoms with Crippen LogP contribution >= 0.6 is 0 Å². The maximum absolute atomic E-state index is 13.5. The fourth-order valence-corrected chi connectivity index (χ4v) is 10.9. The van der Waals surface area contributed by atoms with Crippen molar-refractivity contribution in [3.63, 3.8) is 0 Å². The van der Waals surface area contributed by atoms with E-state index in [1.54, 1.807) is 9.13 Å². The zero-order valence-electron chi connectivity index (χ0n) is 38.6. The second-order valence-electron chi connectivity index (χ2n) is 19.2. The van der Waals surface area contributed by atoms with Crippen LogP contribution in [0.25, 0.3) is 0 Å². The van der Waals surface area contributed by atoms with Crippen molar-refractivity contribution in [3.05, 3.63) is 59.2 Å². The van der Waals surface area contributed by atoms with Crippen molar-refractivity contribution in [2.24, 2.45) is 0 Å². The van der Waals surface area contributed by atoms with Crippen molar-refractivity contribution in [1.29, 1.82) is 0 Å². The summed E-state index contributed by atoms with van der Waals surface area (Å²) in [6.07, 6.45) is 4.53. The minimum atomic E-state index is -4.45. The zero-order chi connectivity index (χ0) is 47.7. The van der Waals surface area contributed by atoms with E-state index in [2.05, 4.69) is 60.1 Å². The van der Waals surface area contributed by atoms with Gasteiger partial charge in [-0.15, -0.1) is 0 Å². The Hall–Kier alpha value is -5.38. The molecular formula is C46H60F6N14O2. The summed E-state index contributed by atoms with van der Waals surface area (Å²) in [6, 6.07) is 0. The van der Waals surface area contributed by atoms with Crippen LogP contribution in [0.15, 0.2) is 25.0 Å². The average molecular weight is 955 g/mol. The number of likely N-dealkylation sites (tertiary alicyclic amines) is 2. The number of carbonyl (C=O) groups excluding carboxylic acids is 2. The van der Waals surface area contributed by atoms with Gasteiger partial charge in [-0.25, -0.2) is 29.9 Å². The monoisotopic (exact) mass is 954 g/mol. The number of alkyl halides is 6. The molecule has 16 nitrogen and oxygen atoms in total. The van der Waals surface area contributed by atoms with Crippen molar-refractivity contribution in [2.75, 3.05) is 85.9 Å². The van der Waals surface area contributed by atoms with Crippen LogP contribution in [0.2, 0.25) is 0 Å². The highest BCUT2D eigenvalue weighted by atomic mass is 19.4. The molecule has 2 atom stereocenters. The number of aromatic nitrogens is 8. The second kappa shape index (κ2) is 19.9. The zero-order valence-corrected chi connectivity index (χ0v) is 38.6. The summed E-state index contributed by atoms with van der Waals surface area (Å²) in [5, 5.41) is 5.65. The Bertz CT molecular complexity index is 2250. The number of fused-ring (bicyclic) bond motifs is 2. The summed E-state index contributed by atoms with van der Waals surface area (Å²) in [5.41, 5.74) is 0.264. The molecule has 1 unspecified atom stereocenters. The van der Waals surface area contributed by atoms with Gasteiger partial charge in [-0.05, 0) is 89.4 Å². The van der Waals surface area contributed by atoms with Crippen molar-refractivity contribution in [2.45, 2.75) is 127 Å². The molecule has 4 saturated heterocycles. The Balaban J connectivity index is 0.000000170. The van der Waals surface area contributed by atoms with Crippen LogP contribution in [0.3, 0.4) is 0 Å².